The van der Waals surface area contributed by atoms with E-state index in [2.05, 4.69) is 26.2 Å². The second-order valence-corrected chi connectivity index (χ2v) is 6.22. The first kappa shape index (κ1) is 16.9. The van der Waals surface area contributed by atoms with Crippen LogP contribution < -0.4 is 11.3 Å². The van der Waals surface area contributed by atoms with Gasteiger partial charge in [0.05, 0.1) is 6.10 Å². The summed E-state index contributed by atoms with van der Waals surface area (Å²) in [6.45, 7) is 7.47. The van der Waals surface area contributed by atoms with Crippen LogP contribution in [0.2, 0.25) is 0 Å². The standard InChI is InChI=1S/C16H34N2O/c1-4-9-13(3)12-15(18-17)16(19-5-2)14-10-7-6-8-11-14/h13-16,18H,4-12,17H2,1-3H3. The fourth-order valence-corrected chi connectivity index (χ4v) is 3.58. The van der Waals surface area contributed by atoms with Crippen LogP contribution in [0.5, 0.6) is 0 Å². The molecule has 3 unspecified atom stereocenters. The zero-order chi connectivity index (χ0) is 14.1. The summed E-state index contributed by atoms with van der Waals surface area (Å²) in [5.41, 5.74) is 3.05. The molecule has 114 valence electrons. The Hall–Kier alpha value is -0.120. The van der Waals surface area contributed by atoms with Crippen molar-refractivity contribution in [2.24, 2.45) is 17.7 Å². The first-order chi connectivity index (χ1) is 9.22. The van der Waals surface area contributed by atoms with Crippen molar-refractivity contribution >= 4 is 0 Å². The quantitative estimate of drug-likeness (QED) is 0.497. The number of nitrogens with one attached hydrogen (secondary N) is 1. The van der Waals surface area contributed by atoms with Crippen LogP contribution >= 0.6 is 0 Å². The van der Waals surface area contributed by atoms with Crippen molar-refractivity contribution in [3.8, 4) is 0 Å². The topological polar surface area (TPSA) is 47.3 Å². The van der Waals surface area contributed by atoms with Gasteiger partial charge in [0, 0.05) is 12.6 Å². The van der Waals surface area contributed by atoms with Crippen molar-refractivity contribution in [2.75, 3.05) is 6.61 Å². The third kappa shape index (κ3) is 5.80. The van der Waals surface area contributed by atoms with Gasteiger partial charge in [-0.1, -0.05) is 46.0 Å². The van der Waals surface area contributed by atoms with Crippen molar-refractivity contribution in [3.63, 3.8) is 0 Å². The van der Waals surface area contributed by atoms with Gasteiger partial charge >= 0.3 is 0 Å². The summed E-state index contributed by atoms with van der Waals surface area (Å²) in [7, 11) is 0. The largest absolute Gasteiger partial charge is 0.377 e. The zero-order valence-corrected chi connectivity index (χ0v) is 13.2. The number of ether oxygens (including phenoxy) is 1. The van der Waals surface area contributed by atoms with E-state index in [4.69, 9.17) is 10.6 Å². The van der Waals surface area contributed by atoms with Crippen LogP contribution in [0.3, 0.4) is 0 Å². The van der Waals surface area contributed by atoms with E-state index in [0.29, 0.717) is 18.1 Å². The summed E-state index contributed by atoms with van der Waals surface area (Å²) in [6.07, 6.45) is 10.7. The highest BCUT2D eigenvalue weighted by molar-refractivity contribution is 4.85. The average Bonchev–Trinajstić information content (AvgIpc) is 2.44. The maximum Gasteiger partial charge on any atom is 0.0769 e. The Bertz CT molecular complexity index is 217. The van der Waals surface area contributed by atoms with Gasteiger partial charge in [-0.15, -0.1) is 0 Å². The van der Waals surface area contributed by atoms with E-state index in [1.807, 2.05) is 0 Å². The lowest BCUT2D eigenvalue weighted by molar-refractivity contribution is -0.0225. The molecule has 1 aliphatic carbocycles. The molecular weight excluding hydrogens is 236 g/mol. The number of hydrogen-bond acceptors (Lipinski definition) is 3. The fourth-order valence-electron chi connectivity index (χ4n) is 3.58. The molecule has 0 saturated heterocycles. The molecule has 0 aromatic rings. The van der Waals surface area contributed by atoms with E-state index in [9.17, 15) is 0 Å². The molecular formula is C16H34N2O. The van der Waals surface area contributed by atoms with Crippen molar-refractivity contribution in [3.05, 3.63) is 0 Å². The summed E-state index contributed by atoms with van der Waals surface area (Å²) in [6, 6.07) is 0.310. The van der Waals surface area contributed by atoms with Gasteiger partial charge in [0.15, 0.2) is 0 Å². The molecule has 0 spiro atoms. The molecule has 0 bridgehead atoms. The van der Waals surface area contributed by atoms with Crippen LogP contribution in [0.4, 0.5) is 0 Å². The highest BCUT2D eigenvalue weighted by atomic mass is 16.5. The first-order valence-electron chi connectivity index (χ1n) is 8.30. The SMILES string of the molecule is CCCC(C)CC(NN)C(OCC)C1CCCCC1. The molecule has 0 heterocycles. The average molecular weight is 270 g/mol. The second-order valence-electron chi connectivity index (χ2n) is 6.22. The Morgan fingerprint density at radius 3 is 2.42 bits per heavy atom. The lowest BCUT2D eigenvalue weighted by atomic mass is 9.80. The third-order valence-electron chi connectivity index (χ3n) is 4.52. The zero-order valence-electron chi connectivity index (χ0n) is 13.2. The Morgan fingerprint density at radius 2 is 1.89 bits per heavy atom. The van der Waals surface area contributed by atoms with Gasteiger partial charge in [-0.3, -0.25) is 11.3 Å². The molecule has 19 heavy (non-hydrogen) atoms. The highest BCUT2D eigenvalue weighted by Gasteiger charge is 2.31. The molecule has 3 atom stereocenters. The Morgan fingerprint density at radius 1 is 1.21 bits per heavy atom. The van der Waals surface area contributed by atoms with Gasteiger partial charge in [-0.05, 0) is 38.0 Å². The van der Waals surface area contributed by atoms with Crippen molar-refractivity contribution < 1.29 is 4.74 Å². The lowest BCUT2D eigenvalue weighted by Gasteiger charge is -2.36. The van der Waals surface area contributed by atoms with Crippen molar-refractivity contribution in [1.82, 2.24) is 5.43 Å². The fraction of sp³-hybridized carbons (Fsp3) is 1.00. The first-order valence-corrected chi connectivity index (χ1v) is 8.30. The number of rotatable bonds is 9. The lowest BCUT2D eigenvalue weighted by Crippen LogP contribution is -2.49. The molecule has 0 aliphatic heterocycles. The van der Waals surface area contributed by atoms with Crippen LogP contribution in [0.1, 0.15) is 72.1 Å². The minimum absolute atomic E-state index is 0.301. The molecule has 3 nitrogen and oxygen atoms in total. The number of hydrogen-bond donors (Lipinski definition) is 2. The van der Waals surface area contributed by atoms with Gasteiger partial charge in [0.2, 0.25) is 0 Å². The normalized spacial score (nSPS) is 22.1. The second kappa shape index (κ2) is 9.73. The molecule has 3 N–H and O–H groups in total. The summed E-state index contributed by atoms with van der Waals surface area (Å²) in [4.78, 5) is 0. The number of hydrazine groups is 1. The molecule has 1 saturated carbocycles. The minimum Gasteiger partial charge on any atom is -0.377 e. The molecule has 1 rings (SSSR count). The maximum atomic E-state index is 6.07. The van der Waals surface area contributed by atoms with Crippen LogP contribution in [0, 0.1) is 11.8 Å². The van der Waals surface area contributed by atoms with Gasteiger partial charge < -0.3 is 4.74 Å². The van der Waals surface area contributed by atoms with Crippen molar-refractivity contribution in [1.29, 1.82) is 0 Å². The molecule has 1 fully saturated rings. The predicted molar refractivity (Wildman–Crippen MR) is 81.8 cm³/mol. The summed E-state index contributed by atoms with van der Waals surface area (Å²) >= 11 is 0. The van der Waals surface area contributed by atoms with Crippen LogP contribution in [-0.4, -0.2) is 18.8 Å². The van der Waals surface area contributed by atoms with Crippen LogP contribution in [-0.2, 0) is 4.74 Å². The minimum atomic E-state index is 0.301. The third-order valence-corrected chi connectivity index (χ3v) is 4.52. The molecule has 0 aromatic heterocycles. The summed E-state index contributed by atoms with van der Waals surface area (Å²) < 4.78 is 6.07. The van der Waals surface area contributed by atoms with Crippen molar-refractivity contribution in [2.45, 2.75) is 84.3 Å². The van der Waals surface area contributed by atoms with E-state index >= 15 is 0 Å². The molecule has 0 radical (unpaired) electrons. The van der Waals surface area contributed by atoms with E-state index in [1.165, 1.54) is 44.9 Å². The Labute approximate surface area is 119 Å². The van der Waals surface area contributed by atoms with E-state index in [0.717, 1.165) is 18.9 Å². The van der Waals surface area contributed by atoms with Gasteiger partial charge in [-0.25, -0.2) is 0 Å². The van der Waals surface area contributed by atoms with Crippen LogP contribution in [0.25, 0.3) is 0 Å². The van der Waals surface area contributed by atoms with E-state index in [-0.39, 0.29) is 0 Å². The monoisotopic (exact) mass is 270 g/mol. The van der Waals surface area contributed by atoms with Gasteiger partial charge in [-0.2, -0.15) is 0 Å². The van der Waals surface area contributed by atoms with E-state index < -0.39 is 0 Å². The molecule has 1 aliphatic rings. The Balaban J connectivity index is 2.58. The summed E-state index contributed by atoms with van der Waals surface area (Å²) in [5.74, 6) is 7.24. The Kier molecular flexibility index (Phi) is 8.67. The smallest absolute Gasteiger partial charge is 0.0769 e. The maximum absolute atomic E-state index is 6.07. The molecule has 3 heteroatoms. The number of nitrogens with two attached hydrogens (primary N) is 1. The molecule has 0 aromatic carbocycles. The van der Waals surface area contributed by atoms with Crippen LogP contribution in [0.15, 0.2) is 0 Å². The van der Waals surface area contributed by atoms with E-state index in [1.54, 1.807) is 0 Å². The predicted octanol–water partition coefficient (Wildman–Crippen LogP) is 3.63. The van der Waals surface area contributed by atoms with Gasteiger partial charge in [0.25, 0.3) is 0 Å². The highest BCUT2D eigenvalue weighted by Crippen LogP contribution is 2.31. The summed E-state index contributed by atoms with van der Waals surface area (Å²) in [5, 5.41) is 0. The van der Waals surface area contributed by atoms with Gasteiger partial charge in [0.1, 0.15) is 0 Å². The molecule has 0 amide bonds.